The van der Waals surface area contributed by atoms with Crippen LogP contribution < -0.4 is 10.6 Å². The Labute approximate surface area is 156 Å². The van der Waals surface area contributed by atoms with E-state index in [-0.39, 0.29) is 0 Å². The smallest absolute Gasteiger partial charge is 0.355 e. The van der Waals surface area contributed by atoms with Gasteiger partial charge in [-0.05, 0) is 18.6 Å². The van der Waals surface area contributed by atoms with E-state index in [1.54, 1.807) is 47.9 Å². The van der Waals surface area contributed by atoms with Crippen molar-refractivity contribution >= 4 is 23.4 Å². The quantitative estimate of drug-likeness (QED) is 0.655. The number of amides is 2. The third-order valence-electron chi connectivity index (χ3n) is 3.83. The molecule has 0 spiro atoms. The first-order chi connectivity index (χ1) is 13.0. The molecule has 0 atom stereocenters. The van der Waals surface area contributed by atoms with Gasteiger partial charge in [-0.15, -0.1) is 0 Å². The number of nitrogens with one attached hydrogen (secondary N) is 2. The first kappa shape index (κ1) is 18.2. The van der Waals surface area contributed by atoms with Crippen molar-refractivity contribution in [2.45, 2.75) is 13.5 Å². The first-order valence-electron chi connectivity index (χ1n) is 8.53. The van der Waals surface area contributed by atoms with Crippen LogP contribution in [0, 0.1) is 0 Å². The molecule has 0 aliphatic heterocycles. The summed E-state index contributed by atoms with van der Waals surface area (Å²) in [6.07, 6.45) is 4.98. The van der Waals surface area contributed by atoms with E-state index in [2.05, 4.69) is 15.7 Å². The molecule has 2 N–H and O–H groups in total. The van der Waals surface area contributed by atoms with Crippen molar-refractivity contribution in [3.05, 3.63) is 66.2 Å². The van der Waals surface area contributed by atoms with Crippen LogP contribution in [-0.2, 0) is 18.3 Å². The number of carbonyl (C=O) groups excluding carboxylic acids is 2. The van der Waals surface area contributed by atoms with Crippen LogP contribution in [0.1, 0.15) is 23.0 Å². The Kier molecular flexibility index (Phi) is 5.55. The van der Waals surface area contributed by atoms with Gasteiger partial charge in [-0.3, -0.25) is 4.68 Å². The third kappa shape index (κ3) is 4.75. The number of anilines is 2. The monoisotopic (exact) mass is 367 g/mol. The van der Waals surface area contributed by atoms with Gasteiger partial charge >= 0.3 is 12.0 Å². The highest BCUT2D eigenvalue weighted by Gasteiger charge is 2.14. The number of urea groups is 1. The summed E-state index contributed by atoms with van der Waals surface area (Å²) in [4.78, 5) is 24.0. The molecule has 3 aromatic rings. The van der Waals surface area contributed by atoms with Crippen molar-refractivity contribution in [3.63, 3.8) is 0 Å². The van der Waals surface area contributed by atoms with Crippen molar-refractivity contribution in [3.8, 4) is 0 Å². The fourth-order valence-electron chi connectivity index (χ4n) is 2.62. The van der Waals surface area contributed by atoms with E-state index in [1.165, 1.54) is 0 Å². The summed E-state index contributed by atoms with van der Waals surface area (Å²) in [6.45, 7) is 2.65. The molecular weight excluding hydrogens is 346 g/mol. The van der Waals surface area contributed by atoms with Crippen LogP contribution in [0.3, 0.4) is 0 Å². The van der Waals surface area contributed by atoms with Crippen LogP contribution in [-0.4, -0.2) is 33.0 Å². The lowest BCUT2D eigenvalue weighted by Crippen LogP contribution is -2.18. The molecule has 8 heteroatoms. The van der Waals surface area contributed by atoms with E-state index >= 15 is 0 Å². The summed E-state index contributed by atoms with van der Waals surface area (Å²) in [5, 5.41) is 9.66. The lowest BCUT2D eigenvalue weighted by Gasteiger charge is -2.03. The first-order valence-corrected chi connectivity index (χ1v) is 8.53. The molecule has 0 radical (unpaired) electrons. The van der Waals surface area contributed by atoms with Gasteiger partial charge < -0.3 is 19.9 Å². The molecule has 0 fully saturated rings. The van der Waals surface area contributed by atoms with Gasteiger partial charge in [0.25, 0.3) is 0 Å². The lowest BCUT2D eigenvalue weighted by atomic mass is 10.2. The van der Waals surface area contributed by atoms with Gasteiger partial charge in [-0.2, -0.15) is 5.10 Å². The number of nitrogens with zero attached hydrogens (tertiary/aromatic N) is 3. The summed E-state index contributed by atoms with van der Waals surface area (Å²) in [5.74, 6) is -0.435. The summed E-state index contributed by atoms with van der Waals surface area (Å²) >= 11 is 0. The maximum atomic E-state index is 12.2. The number of aromatic nitrogens is 3. The van der Waals surface area contributed by atoms with Crippen molar-refractivity contribution in [2.24, 2.45) is 7.05 Å². The van der Waals surface area contributed by atoms with Gasteiger partial charge in [-0.25, -0.2) is 9.59 Å². The van der Waals surface area contributed by atoms with Crippen LogP contribution in [0.15, 0.2) is 55.0 Å². The molecule has 0 bridgehead atoms. The third-order valence-corrected chi connectivity index (χ3v) is 3.83. The minimum atomic E-state index is -0.435. The lowest BCUT2D eigenvalue weighted by molar-refractivity contribution is 0.0515. The molecular formula is C19H21N5O3. The molecule has 2 amide bonds. The highest BCUT2D eigenvalue weighted by molar-refractivity contribution is 6.00. The largest absolute Gasteiger partial charge is 0.461 e. The number of carbonyl (C=O) groups is 2. The molecule has 2 heterocycles. The zero-order chi connectivity index (χ0) is 19.2. The Hall–Kier alpha value is -3.55. The molecule has 0 aliphatic rings. The number of hydrogen-bond donors (Lipinski definition) is 2. The van der Waals surface area contributed by atoms with Gasteiger partial charge in [0.05, 0.1) is 30.7 Å². The molecule has 8 nitrogen and oxygen atoms in total. The van der Waals surface area contributed by atoms with Gasteiger partial charge in [0.15, 0.2) is 0 Å². The molecule has 0 saturated carbocycles. The average molecular weight is 367 g/mol. The zero-order valence-electron chi connectivity index (χ0n) is 15.2. The minimum absolute atomic E-state index is 0.292. The van der Waals surface area contributed by atoms with Crippen molar-refractivity contribution in [1.29, 1.82) is 0 Å². The van der Waals surface area contributed by atoms with Crippen molar-refractivity contribution in [2.75, 3.05) is 17.2 Å². The summed E-state index contributed by atoms with van der Waals surface area (Å²) in [6, 6.07) is 11.1. The molecule has 2 aromatic heterocycles. The molecule has 0 unspecified atom stereocenters. The van der Waals surface area contributed by atoms with Gasteiger partial charge in [0.2, 0.25) is 0 Å². The molecule has 0 saturated heterocycles. The fraction of sp³-hybridized carbons (Fsp3) is 0.211. The number of rotatable bonds is 6. The van der Waals surface area contributed by atoms with Crippen LogP contribution in [0.4, 0.5) is 16.2 Å². The predicted octanol–water partition coefficient (Wildman–Crippen LogP) is 3.09. The second-order valence-electron chi connectivity index (χ2n) is 5.94. The maximum Gasteiger partial charge on any atom is 0.355 e. The summed E-state index contributed by atoms with van der Waals surface area (Å²) < 4.78 is 8.32. The summed E-state index contributed by atoms with van der Waals surface area (Å²) in [5.41, 5.74) is 2.55. The SMILES string of the molecule is CCOC(=O)c1cc(NC(=O)Nc2cnn(Cc3ccccc3)c2)cn1C. The van der Waals surface area contributed by atoms with Crippen molar-refractivity contribution in [1.82, 2.24) is 14.3 Å². The van der Waals surface area contributed by atoms with E-state index < -0.39 is 12.0 Å². The Morgan fingerprint density at radius 1 is 1.11 bits per heavy atom. The topological polar surface area (TPSA) is 90.2 Å². The van der Waals surface area contributed by atoms with Crippen molar-refractivity contribution < 1.29 is 14.3 Å². The standard InChI is InChI=1S/C19H21N5O3/c1-3-27-18(25)17-9-15(12-23(17)2)21-19(26)22-16-10-20-24(13-16)11-14-7-5-4-6-8-14/h4-10,12-13H,3,11H2,1-2H3,(H2,21,22,26). The van der Waals surface area contributed by atoms with Crippen LogP contribution in [0.25, 0.3) is 0 Å². The zero-order valence-corrected chi connectivity index (χ0v) is 15.2. The molecule has 0 aliphatic carbocycles. The maximum absolute atomic E-state index is 12.2. The van der Waals surface area contributed by atoms with E-state index in [0.717, 1.165) is 5.56 Å². The molecule has 140 valence electrons. The minimum Gasteiger partial charge on any atom is -0.461 e. The van der Waals surface area contributed by atoms with E-state index in [0.29, 0.717) is 30.2 Å². The number of ether oxygens (including phenoxy) is 1. The van der Waals surface area contributed by atoms with Crippen LogP contribution >= 0.6 is 0 Å². The predicted molar refractivity (Wildman–Crippen MR) is 102 cm³/mol. The number of esters is 1. The second kappa shape index (κ2) is 8.22. The van der Waals surface area contributed by atoms with E-state index in [9.17, 15) is 9.59 Å². The number of aryl methyl sites for hydroxylation is 1. The van der Waals surface area contributed by atoms with Crippen LogP contribution in [0.2, 0.25) is 0 Å². The normalized spacial score (nSPS) is 10.4. The van der Waals surface area contributed by atoms with E-state index in [4.69, 9.17) is 4.74 Å². The second-order valence-corrected chi connectivity index (χ2v) is 5.94. The highest BCUT2D eigenvalue weighted by Crippen LogP contribution is 2.15. The number of benzene rings is 1. The Bertz CT molecular complexity index is 930. The molecule has 3 rings (SSSR count). The highest BCUT2D eigenvalue weighted by atomic mass is 16.5. The summed E-state index contributed by atoms with van der Waals surface area (Å²) in [7, 11) is 1.71. The van der Waals surface area contributed by atoms with Gasteiger partial charge in [-0.1, -0.05) is 30.3 Å². The molecule has 27 heavy (non-hydrogen) atoms. The molecule has 1 aromatic carbocycles. The van der Waals surface area contributed by atoms with E-state index in [1.807, 2.05) is 30.3 Å². The van der Waals surface area contributed by atoms with Gasteiger partial charge in [0, 0.05) is 19.4 Å². The van der Waals surface area contributed by atoms with Crippen LogP contribution in [0.5, 0.6) is 0 Å². The Morgan fingerprint density at radius 2 is 1.85 bits per heavy atom. The number of hydrogen-bond acceptors (Lipinski definition) is 4. The van der Waals surface area contributed by atoms with Gasteiger partial charge in [0.1, 0.15) is 5.69 Å². The average Bonchev–Trinajstić information content (AvgIpc) is 3.22. The fourth-order valence-corrected chi connectivity index (χ4v) is 2.62. The Morgan fingerprint density at radius 3 is 2.59 bits per heavy atom. The Balaban J connectivity index is 1.58.